The predicted octanol–water partition coefficient (Wildman–Crippen LogP) is 1.01. The number of hydrogen-bond acceptors (Lipinski definition) is 10. The Hall–Kier alpha value is -3.94. The number of rotatable bonds is 8. The lowest BCUT2D eigenvalue weighted by atomic mass is 10.2. The number of benzene rings is 1. The summed E-state index contributed by atoms with van der Waals surface area (Å²) in [5.41, 5.74) is 5.27. The van der Waals surface area contributed by atoms with Crippen molar-refractivity contribution in [2.45, 2.75) is 12.1 Å². The normalized spacial score (nSPS) is 13.2. The van der Waals surface area contributed by atoms with Crippen LogP contribution in [0.4, 0.5) is 16.3 Å². The van der Waals surface area contributed by atoms with Crippen LogP contribution in [0.3, 0.4) is 0 Å². The molecule has 1 aromatic heterocycles. The molecule has 2 heterocycles. The molecular weight excluding hydrogens is 492 g/mol. The van der Waals surface area contributed by atoms with Gasteiger partial charge in [-0.15, -0.1) is 0 Å². The van der Waals surface area contributed by atoms with Gasteiger partial charge in [0.2, 0.25) is 5.91 Å². The SMILES string of the molecule is CCOC(=O)N1CCN(C(=O)CSc2nc(N)c(NC(=O)c3ccc(OC)c(OC)c3)c(=O)[nH]2)CC1. The quantitative estimate of drug-likeness (QED) is 0.337. The Morgan fingerprint density at radius 3 is 2.39 bits per heavy atom. The van der Waals surface area contributed by atoms with Crippen molar-refractivity contribution in [3.8, 4) is 11.5 Å². The molecule has 0 aliphatic carbocycles. The maximum atomic E-state index is 12.6. The summed E-state index contributed by atoms with van der Waals surface area (Å²) < 4.78 is 15.3. The van der Waals surface area contributed by atoms with E-state index in [0.29, 0.717) is 44.3 Å². The molecule has 1 aromatic carbocycles. The van der Waals surface area contributed by atoms with Gasteiger partial charge in [0.05, 0.1) is 26.6 Å². The highest BCUT2D eigenvalue weighted by Crippen LogP contribution is 2.28. The monoisotopic (exact) mass is 520 g/mol. The summed E-state index contributed by atoms with van der Waals surface area (Å²) in [6, 6.07) is 4.54. The number of nitrogens with zero attached hydrogens (tertiary/aromatic N) is 3. The minimum absolute atomic E-state index is 0.0130. The first-order valence-electron chi connectivity index (χ1n) is 11.0. The number of aromatic nitrogens is 2. The molecule has 1 aliphatic heterocycles. The van der Waals surface area contributed by atoms with Gasteiger partial charge < -0.3 is 35.1 Å². The molecule has 0 spiro atoms. The van der Waals surface area contributed by atoms with Crippen LogP contribution in [0.15, 0.2) is 28.2 Å². The zero-order valence-electron chi connectivity index (χ0n) is 20.2. The van der Waals surface area contributed by atoms with E-state index in [1.807, 2.05) is 0 Å². The fourth-order valence-electron chi connectivity index (χ4n) is 3.40. The van der Waals surface area contributed by atoms with Crippen LogP contribution in [-0.2, 0) is 9.53 Å². The van der Waals surface area contributed by atoms with Crippen LogP contribution in [0.2, 0.25) is 0 Å². The number of ether oxygens (including phenoxy) is 3. The molecule has 3 rings (SSSR count). The Balaban J connectivity index is 1.59. The molecule has 14 heteroatoms. The Labute approximate surface area is 211 Å². The molecule has 4 N–H and O–H groups in total. The van der Waals surface area contributed by atoms with Gasteiger partial charge in [0.25, 0.3) is 11.5 Å². The number of hydrogen-bond donors (Lipinski definition) is 3. The topological polar surface area (TPSA) is 169 Å². The highest BCUT2D eigenvalue weighted by molar-refractivity contribution is 7.99. The molecule has 2 aromatic rings. The molecule has 0 bridgehead atoms. The number of nitrogens with two attached hydrogens (primary N) is 1. The fraction of sp³-hybridized carbons (Fsp3) is 0.409. The molecule has 0 saturated carbocycles. The molecule has 0 radical (unpaired) electrons. The second-order valence-corrected chi connectivity index (χ2v) is 8.47. The van der Waals surface area contributed by atoms with E-state index in [0.717, 1.165) is 11.8 Å². The first-order chi connectivity index (χ1) is 17.3. The maximum Gasteiger partial charge on any atom is 0.409 e. The van der Waals surface area contributed by atoms with Gasteiger partial charge in [0.1, 0.15) is 5.69 Å². The van der Waals surface area contributed by atoms with Crippen LogP contribution < -0.4 is 26.1 Å². The average Bonchev–Trinajstić information content (AvgIpc) is 2.89. The van der Waals surface area contributed by atoms with Crippen molar-refractivity contribution in [3.63, 3.8) is 0 Å². The van der Waals surface area contributed by atoms with Crippen molar-refractivity contribution in [2.24, 2.45) is 0 Å². The van der Waals surface area contributed by atoms with E-state index in [2.05, 4.69) is 15.3 Å². The number of methoxy groups -OCH3 is 2. The molecule has 0 atom stereocenters. The largest absolute Gasteiger partial charge is 0.493 e. The van der Waals surface area contributed by atoms with Crippen molar-refractivity contribution in [3.05, 3.63) is 34.1 Å². The summed E-state index contributed by atoms with van der Waals surface area (Å²) in [4.78, 5) is 59.3. The van der Waals surface area contributed by atoms with Crippen molar-refractivity contribution < 1.29 is 28.6 Å². The van der Waals surface area contributed by atoms with Gasteiger partial charge >= 0.3 is 6.09 Å². The zero-order valence-corrected chi connectivity index (χ0v) is 21.0. The van der Waals surface area contributed by atoms with E-state index >= 15 is 0 Å². The van der Waals surface area contributed by atoms with E-state index in [1.165, 1.54) is 26.4 Å². The van der Waals surface area contributed by atoms with E-state index in [9.17, 15) is 19.2 Å². The van der Waals surface area contributed by atoms with Gasteiger partial charge in [-0.1, -0.05) is 11.8 Å². The highest BCUT2D eigenvalue weighted by Gasteiger charge is 2.25. The lowest BCUT2D eigenvalue weighted by molar-refractivity contribution is -0.129. The number of carbonyl (C=O) groups is 3. The molecule has 1 fully saturated rings. The molecule has 3 amide bonds. The second-order valence-electron chi connectivity index (χ2n) is 7.51. The van der Waals surface area contributed by atoms with Gasteiger partial charge in [-0.25, -0.2) is 9.78 Å². The van der Waals surface area contributed by atoms with Crippen molar-refractivity contribution in [1.82, 2.24) is 19.8 Å². The number of nitrogen functional groups attached to an aromatic ring is 1. The van der Waals surface area contributed by atoms with Crippen LogP contribution in [0.1, 0.15) is 17.3 Å². The molecule has 194 valence electrons. The van der Waals surface area contributed by atoms with E-state index < -0.39 is 17.6 Å². The van der Waals surface area contributed by atoms with E-state index in [-0.39, 0.29) is 33.9 Å². The zero-order chi connectivity index (χ0) is 26.2. The molecule has 36 heavy (non-hydrogen) atoms. The third-order valence-electron chi connectivity index (χ3n) is 5.30. The van der Waals surface area contributed by atoms with Crippen LogP contribution in [0, 0.1) is 0 Å². The molecular formula is C22H28N6O7S. The van der Waals surface area contributed by atoms with Gasteiger partial charge in [-0.3, -0.25) is 19.4 Å². The van der Waals surface area contributed by atoms with Crippen molar-refractivity contribution in [2.75, 3.05) is 63.8 Å². The summed E-state index contributed by atoms with van der Waals surface area (Å²) in [5, 5.41) is 2.60. The number of H-pyrrole nitrogens is 1. The molecule has 13 nitrogen and oxygen atoms in total. The Morgan fingerprint density at radius 1 is 1.11 bits per heavy atom. The average molecular weight is 521 g/mol. The number of anilines is 2. The van der Waals surface area contributed by atoms with Crippen LogP contribution in [0.25, 0.3) is 0 Å². The summed E-state index contributed by atoms with van der Waals surface area (Å²) in [6.07, 6.45) is -0.394. The number of thioether (sulfide) groups is 1. The third-order valence-corrected chi connectivity index (χ3v) is 6.16. The number of nitrogens with one attached hydrogen (secondary N) is 2. The lowest BCUT2D eigenvalue weighted by Crippen LogP contribution is -2.51. The standard InChI is InChI=1S/C22H28N6O7S/c1-4-35-22(32)28-9-7-27(8-10-28)16(29)12-36-21-25-18(23)17(20(31)26-21)24-19(30)13-5-6-14(33-2)15(11-13)34-3/h5-6,11H,4,7-10,12H2,1-3H3,(H,24,30)(H3,23,25,26,31). The van der Waals surface area contributed by atoms with E-state index in [1.54, 1.807) is 22.8 Å². The number of carbonyl (C=O) groups excluding carboxylic acids is 3. The van der Waals surface area contributed by atoms with E-state index in [4.69, 9.17) is 19.9 Å². The molecule has 1 saturated heterocycles. The summed E-state index contributed by atoms with van der Waals surface area (Å²) in [5.74, 6) is -0.138. The first kappa shape index (κ1) is 26.7. The van der Waals surface area contributed by atoms with Gasteiger partial charge in [-0.05, 0) is 25.1 Å². The number of aromatic amines is 1. The Morgan fingerprint density at radius 2 is 1.78 bits per heavy atom. The Bertz CT molecular complexity index is 1180. The van der Waals surface area contributed by atoms with Crippen LogP contribution in [0.5, 0.6) is 11.5 Å². The predicted molar refractivity (Wildman–Crippen MR) is 133 cm³/mol. The first-order valence-corrected chi connectivity index (χ1v) is 12.0. The third kappa shape index (κ3) is 6.38. The smallest absolute Gasteiger partial charge is 0.409 e. The number of amides is 3. The highest BCUT2D eigenvalue weighted by atomic mass is 32.2. The summed E-state index contributed by atoms with van der Waals surface area (Å²) in [7, 11) is 2.92. The Kier molecular flexibility index (Phi) is 9.00. The van der Waals surface area contributed by atoms with Crippen molar-refractivity contribution in [1.29, 1.82) is 0 Å². The minimum atomic E-state index is -0.658. The minimum Gasteiger partial charge on any atom is -0.493 e. The summed E-state index contributed by atoms with van der Waals surface area (Å²) >= 11 is 1.01. The van der Waals surface area contributed by atoms with Gasteiger partial charge in [-0.2, -0.15) is 0 Å². The maximum absolute atomic E-state index is 12.6. The fourth-order valence-corrected chi connectivity index (χ4v) is 4.17. The van der Waals surface area contributed by atoms with Crippen LogP contribution >= 0.6 is 11.8 Å². The molecule has 1 aliphatic rings. The number of piperazine rings is 1. The second kappa shape index (κ2) is 12.2. The van der Waals surface area contributed by atoms with Gasteiger partial charge in [0, 0.05) is 31.7 Å². The van der Waals surface area contributed by atoms with Crippen LogP contribution in [-0.4, -0.2) is 90.4 Å². The van der Waals surface area contributed by atoms with Crippen molar-refractivity contribution >= 4 is 41.2 Å². The summed E-state index contributed by atoms with van der Waals surface area (Å²) in [6.45, 7) is 3.55. The lowest BCUT2D eigenvalue weighted by Gasteiger charge is -2.34. The molecule has 0 unspecified atom stereocenters. The van der Waals surface area contributed by atoms with Gasteiger partial charge in [0.15, 0.2) is 22.5 Å².